The highest BCUT2D eigenvalue weighted by molar-refractivity contribution is 5.98. The molecule has 1 amide bonds. The molecule has 1 aromatic heterocycles. The molecule has 0 unspecified atom stereocenters. The van der Waals surface area contributed by atoms with Crippen LogP contribution in [0, 0.1) is 12.7 Å². The lowest BCUT2D eigenvalue weighted by Gasteiger charge is -2.10. The minimum atomic E-state index is -4.40. The predicted octanol–water partition coefficient (Wildman–Crippen LogP) is 4.75. The second kappa shape index (κ2) is 7.30. The van der Waals surface area contributed by atoms with Gasteiger partial charge in [-0.1, -0.05) is 12.1 Å². The second-order valence-electron chi connectivity index (χ2n) is 5.93. The molecule has 0 atom stereocenters. The summed E-state index contributed by atoms with van der Waals surface area (Å²) in [5.74, 6) is -0.731. The van der Waals surface area contributed by atoms with E-state index < -0.39 is 24.5 Å². The van der Waals surface area contributed by atoms with E-state index in [9.17, 15) is 22.4 Å². The van der Waals surface area contributed by atoms with Crippen molar-refractivity contribution in [3.8, 4) is 5.75 Å². The normalized spacial score (nSPS) is 11.6. The molecule has 0 saturated heterocycles. The van der Waals surface area contributed by atoms with Crippen molar-refractivity contribution in [3.63, 3.8) is 0 Å². The molecule has 8 heteroatoms. The van der Waals surface area contributed by atoms with Crippen LogP contribution in [0.25, 0.3) is 11.0 Å². The van der Waals surface area contributed by atoms with Crippen molar-refractivity contribution in [2.75, 3.05) is 6.61 Å². The summed E-state index contributed by atoms with van der Waals surface area (Å²) in [7, 11) is 0. The summed E-state index contributed by atoms with van der Waals surface area (Å²) in [6.45, 7) is 0.436. The van der Waals surface area contributed by atoms with Gasteiger partial charge in [-0.15, -0.1) is 0 Å². The number of benzene rings is 2. The molecule has 0 radical (unpaired) electrons. The molecule has 0 aliphatic heterocycles. The number of amides is 1. The molecule has 4 nitrogen and oxygen atoms in total. The molecule has 0 aliphatic carbocycles. The van der Waals surface area contributed by atoms with E-state index in [0.29, 0.717) is 22.1 Å². The number of carbonyl (C=O) groups is 1. The van der Waals surface area contributed by atoms with Crippen molar-refractivity contribution >= 4 is 16.9 Å². The van der Waals surface area contributed by atoms with Crippen LogP contribution in [0.4, 0.5) is 17.6 Å². The van der Waals surface area contributed by atoms with Gasteiger partial charge in [0.15, 0.2) is 12.4 Å². The minimum absolute atomic E-state index is 0.0811. The summed E-state index contributed by atoms with van der Waals surface area (Å²) in [4.78, 5) is 12.3. The van der Waals surface area contributed by atoms with Gasteiger partial charge in [0, 0.05) is 17.5 Å². The van der Waals surface area contributed by atoms with Crippen LogP contribution in [0.3, 0.4) is 0 Å². The van der Waals surface area contributed by atoms with E-state index in [1.165, 1.54) is 30.3 Å². The monoisotopic (exact) mass is 381 g/mol. The zero-order chi connectivity index (χ0) is 19.6. The number of furan rings is 1. The van der Waals surface area contributed by atoms with Gasteiger partial charge in [-0.25, -0.2) is 4.39 Å². The lowest BCUT2D eigenvalue weighted by Crippen LogP contribution is -2.23. The number of ether oxygens (including phenoxy) is 1. The summed E-state index contributed by atoms with van der Waals surface area (Å²) in [5.41, 5.74) is 1.60. The number of carbonyl (C=O) groups excluding carboxylic acids is 1. The number of aryl methyl sites for hydroxylation is 1. The lowest BCUT2D eigenvalue weighted by atomic mass is 10.1. The maximum atomic E-state index is 13.3. The topological polar surface area (TPSA) is 51.5 Å². The fraction of sp³-hybridized carbons (Fsp3) is 0.211. The van der Waals surface area contributed by atoms with Crippen LogP contribution in [0.5, 0.6) is 5.75 Å². The van der Waals surface area contributed by atoms with Gasteiger partial charge in [-0.05, 0) is 42.8 Å². The first-order chi connectivity index (χ1) is 12.7. The van der Waals surface area contributed by atoms with Crippen molar-refractivity contribution in [1.29, 1.82) is 0 Å². The Labute approximate surface area is 151 Å². The summed E-state index contributed by atoms with van der Waals surface area (Å²) in [6.07, 6.45) is -4.40. The van der Waals surface area contributed by atoms with E-state index in [1.54, 1.807) is 19.1 Å². The largest absolute Gasteiger partial charge is 0.484 e. The van der Waals surface area contributed by atoms with Crippen molar-refractivity contribution in [2.24, 2.45) is 0 Å². The molecule has 1 N–H and O–H groups in total. The van der Waals surface area contributed by atoms with Crippen LogP contribution in [-0.4, -0.2) is 18.7 Å². The molecule has 1 heterocycles. The number of halogens is 4. The van der Waals surface area contributed by atoms with Crippen molar-refractivity contribution in [3.05, 3.63) is 65.2 Å². The van der Waals surface area contributed by atoms with Gasteiger partial charge >= 0.3 is 6.18 Å². The molecule has 2 aromatic carbocycles. The Morgan fingerprint density at radius 2 is 1.85 bits per heavy atom. The molecule has 3 aromatic rings. The van der Waals surface area contributed by atoms with Gasteiger partial charge in [0.1, 0.15) is 17.1 Å². The number of rotatable bonds is 5. The maximum absolute atomic E-state index is 13.3. The number of alkyl halides is 3. The Bertz CT molecular complexity index is 961. The average Bonchev–Trinajstić information content (AvgIpc) is 2.94. The first-order valence-corrected chi connectivity index (χ1v) is 7.98. The Morgan fingerprint density at radius 3 is 2.52 bits per heavy atom. The van der Waals surface area contributed by atoms with Crippen molar-refractivity contribution < 1.29 is 31.5 Å². The highest BCUT2D eigenvalue weighted by Crippen LogP contribution is 2.26. The van der Waals surface area contributed by atoms with E-state index in [0.717, 1.165) is 0 Å². The van der Waals surface area contributed by atoms with Crippen LogP contribution in [0.15, 0.2) is 46.9 Å². The van der Waals surface area contributed by atoms with Gasteiger partial charge in [-0.3, -0.25) is 4.79 Å². The first-order valence-electron chi connectivity index (χ1n) is 7.98. The number of fused-ring (bicyclic) bond motifs is 1. The molecular weight excluding hydrogens is 366 g/mol. The predicted molar refractivity (Wildman–Crippen MR) is 90.1 cm³/mol. The van der Waals surface area contributed by atoms with E-state index in [-0.39, 0.29) is 18.1 Å². The van der Waals surface area contributed by atoms with Gasteiger partial charge in [-0.2, -0.15) is 13.2 Å². The van der Waals surface area contributed by atoms with Crippen LogP contribution in [-0.2, 0) is 6.54 Å². The van der Waals surface area contributed by atoms with E-state index >= 15 is 0 Å². The van der Waals surface area contributed by atoms with Crippen LogP contribution < -0.4 is 10.1 Å². The molecule has 3 rings (SSSR count). The number of hydrogen-bond acceptors (Lipinski definition) is 3. The fourth-order valence-corrected chi connectivity index (χ4v) is 2.54. The van der Waals surface area contributed by atoms with Crippen molar-refractivity contribution in [2.45, 2.75) is 19.6 Å². The molecule has 0 saturated carbocycles. The highest BCUT2D eigenvalue weighted by atomic mass is 19.4. The Hall–Kier alpha value is -3.03. The third-order valence-electron chi connectivity index (χ3n) is 3.88. The zero-order valence-electron chi connectivity index (χ0n) is 14.2. The SMILES string of the molecule is Cc1c(C(=O)NCc2ccc(OCC(F)(F)F)cc2)oc2ccc(F)cc12. The molecule has 0 fully saturated rings. The van der Waals surface area contributed by atoms with E-state index in [4.69, 9.17) is 4.42 Å². The third kappa shape index (κ3) is 4.58. The Balaban J connectivity index is 1.63. The van der Waals surface area contributed by atoms with E-state index in [1.807, 2.05) is 0 Å². The lowest BCUT2D eigenvalue weighted by molar-refractivity contribution is -0.153. The van der Waals surface area contributed by atoms with Crippen LogP contribution in [0.2, 0.25) is 0 Å². The van der Waals surface area contributed by atoms with Gasteiger partial charge in [0.05, 0.1) is 0 Å². The Morgan fingerprint density at radius 1 is 1.15 bits per heavy atom. The average molecular weight is 381 g/mol. The zero-order valence-corrected chi connectivity index (χ0v) is 14.2. The molecule has 142 valence electrons. The van der Waals surface area contributed by atoms with Crippen LogP contribution in [0.1, 0.15) is 21.7 Å². The minimum Gasteiger partial charge on any atom is -0.484 e. The maximum Gasteiger partial charge on any atom is 0.422 e. The van der Waals surface area contributed by atoms with Crippen LogP contribution >= 0.6 is 0 Å². The van der Waals surface area contributed by atoms with Gasteiger partial charge in [0.25, 0.3) is 5.91 Å². The second-order valence-corrected chi connectivity index (χ2v) is 5.93. The number of nitrogens with one attached hydrogen (secondary N) is 1. The molecular formula is C19H15F4NO3. The Kier molecular flexibility index (Phi) is 5.07. The third-order valence-corrected chi connectivity index (χ3v) is 3.88. The smallest absolute Gasteiger partial charge is 0.422 e. The summed E-state index contributed by atoms with van der Waals surface area (Å²) >= 11 is 0. The molecule has 0 bridgehead atoms. The van der Waals surface area contributed by atoms with Gasteiger partial charge in [0.2, 0.25) is 0 Å². The molecule has 0 spiro atoms. The van der Waals surface area contributed by atoms with Gasteiger partial charge < -0.3 is 14.5 Å². The first kappa shape index (κ1) is 18.8. The molecule has 27 heavy (non-hydrogen) atoms. The summed E-state index contributed by atoms with van der Waals surface area (Å²) in [6, 6.07) is 9.87. The standard InChI is InChI=1S/C19H15F4NO3/c1-11-15-8-13(20)4-7-16(15)27-17(11)18(25)24-9-12-2-5-14(6-3-12)26-10-19(21,22)23/h2-8H,9-10H2,1H3,(H,24,25). The summed E-state index contributed by atoms with van der Waals surface area (Å²) in [5, 5.41) is 3.18. The number of hydrogen-bond donors (Lipinski definition) is 1. The fourth-order valence-electron chi connectivity index (χ4n) is 2.54. The highest BCUT2D eigenvalue weighted by Gasteiger charge is 2.28. The molecule has 0 aliphatic rings. The van der Waals surface area contributed by atoms with Crippen molar-refractivity contribution in [1.82, 2.24) is 5.32 Å². The van der Waals surface area contributed by atoms with E-state index in [2.05, 4.69) is 10.1 Å². The quantitative estimate of drug-likeness (QED) is 0.649. The summed E-state index contributed by atoms with van der Waals surface area (Å²) < 4.78 is 59.8.